The molecule has 0 saturated carbocycles. The normalized spacial score (nSPS) is 22.2. The maximum Gasteiger partial charge on any atom is 0.0684 e. The Morgan fingerprint density at radius 1 is 1.57 bits per heavy atom. The molecule has 1 fully saturated rings. The van der Waals surface area contributed by atoms with Crippen molar-refractivity contribution in [2.45, 2.75) is 39.2 Å². The fourth-order valence-electron chi connectivity index (χ4n) is 1.51. The van der Waals surface area contributed by atoms with Crippen molar-refractivity contribution >= 4 is 0 Å². The van der Waals surface area contributed by atoms with E-state index < -0.39 is 0 Å². The molecule has 80 valence electrons. The van der Waals surface area contributed by atoms with Gasteiger partial charge in [0.1, 0.15) is 0 Å². The van der Waals surface area contributed by atoms with E-state index in [1.807, 2.05) is 13.8 Å². The van der Waals surface area contributed by atoms with Crippen LogP contribution in [0.1, 0.15) is 33.1 Å². The van der Waals surface area contributed by atoms with E-state index in [0.29, 0.717) is 12.6 Å². The molecule has 0 bridgehead atoms. The smallest absolute Gasteiger partial charge is 0.0684 e. The molecule has 0 aliphatic carbocycles. The molecule has 1 aliphatic heterocycles. The Morgan fingerprint density at radius 3 is 2.93 bits per heavy atom. The van der Waals surface area contributed by atoms with E-state index in [1.54, 1.807) is 0 Å². The fourth-order valence-corrected chi connectivity index (χ4v) is 1.51. The summed E-state index contributed by atoms with van der Waals surface area (Å²) in [5.41, 5.74) is -0.247. The van der Waals surface area contributed by atoms with Crippen LogP contribution < -0.4 is 5.32 Å². The minimum absolute atomic E-state index is 0.247. The van der Waals surface area contributed by atoms with Crippen molar-refractivity contribution in [1.29, 1.82) is 5.26 Å². The van der Waals surface area contributed by atoms with E-state index in [4.69, 9.17) is 10.00 Å². The quantitative estimate of drug-likeness (QED) is 0.681. The van der Waals surface area contributed by atoms with Gasteiger partial charge in [-0.3, -0.25) is 0 Å². The molecule has 0 amide bonds. The predicted molar refractivity (Wildman–Crippen MR) is 55.9 cm³/mol. The lowest BCUT2D eigenvalue weighted by Gasteiger charge is -2.16. The van der Waals surface area contributed by atoms with E-state index in [-0.39, 0.29) is 5.41 Å². The molecule has 0 radical (unpaired) electrons. The summed E-state index contributed by atoms with van der Waals surface area (Å²) in [5.74, 6) is 0. The van der Waals surface area contributed by atoms with Gasteiger partial charge in [0.05, 0.1) is 18.1 Å². The van der Waals surface area contributed by atoms with Gasteiger partial charge in [0.25, 0.3) is 0 Å². The van der Waals surface area contributed by atoms with Gasteiger partial charge >= 0.3 is 0 Å². The van der Waals surface area contributed by atoms with Crippen LogP contribution in [-0.4, -0.2) is 25.8 Å². The van der Waals surface area contributed by atoms with Gasteiger partial charge in [-0.25, -0.2) is 0 Å². The zero-order valence-corrected chi connectivity index (χ0v) is 9.18. The van der Waals surface area contributed by atoms with Gasteiger partial charge in [-0.15, -0.1) is 0 Å². The van der Waals surface area contributed by atoms with Gasteiger partial charge in [0, 0.05) is 12.6 Å². The second-order valence-corrected chi connectivity index (χ2v) is 4.61. The fraction of sp³-hybridized carbons (Fsp3) is 0.909. The van der Waals surface area contributed by atoms with Crippen molar-refractivity contribution in [3.05, 3.63) is 0 Å². The molecule has 1 saturated heterocycles. The number of ether oxygens (including phenoxy) is 1. The largest absolute Gasteiger partial charge is 0.380 e. The third kappa shape index (κ3) is 4.08. The summed E-state index contributed by atoms with van der Waals surface area (Å²) in [4.78, 5) is 0. The van der Waals surface area contributed by atoms with Crippen molar-refractivity contribution < 1.29 is 4.74 Å². The summed E-state index contributed by atoms with van der Waals surface area (Å²) in [6.07, 6.45) is 3.30. The highest BCUT2D eigenvalue weighted by Crippen LogP contribution is 2.18. The minimum atomic E-state index is -0.247. The number of nitriles is 1. The molecular weight excluding hydrogens is 176 g/mol. The summed E-state index contributed by atoms with van der Waals surface area (Å²) in [6, 6.07) is 2.82. The van der Waals surface area contributed by atoms with Crippen LogP contribution in [-0.2, 0) is 4.74 Å². The summed E-state index contributed by atoms with van der Waals surface area (Å²) in [6.45, 7) is 6.51. The summed E-state index contributed by atoms with van der Waals surface area (Å²) in [5, 5.41) is 12.2. The molecular formula is C11H20N2O. The van der Waals surface area contributed by atoms with Crippen molar-refractivity contribution in [2.75, 3.05) is 19.8 Å². The number of nitrogens with one attached hydrogen (secondary N) is 1. The number of rotatable bonds is 5. The zero-order valence-electron chi connectivity index (χ0n) is 9.18. The standard InChI is InChI=1S/C11H20N2O/c1-11(2,9-12)5-7-14-8-10-4-3-6-13-10/h10,13H,3-8H2,1-2H3. The molecule has 0 aromatic heterocycles. The first-order chi connectivity index (χ1) is 6.64. The van der Waals surface area contributed by atoms with Gasteiger partial charge in [-0.05, 0) is 39.7 Å². The minimum Gasteiger partial charge on any atom is -0.380 e. The topological polar surface area (TPSA) is 45.0 Å². The summed E-state index contributed by atoms with van der Waals surface area (Å²) in [7, 11) is 0. The highest BCUT2D eigenvalue weighted by molar-refractivity contribution is 4.91. The number of hydrogen-bond donors (Lipinski definition) is 1. The second kappa shape index (κ2) is 5.33. The average molecular weight is 196 g/mol. The van der Waals surface area contributed by atoms with E-state index in [2.05, 4.69) is 11.4 Å². The Kier molecular flexibility index (Phi) is 4.37. The summed E-state index contributed by atoms with van der Waals surface area (Å²) < 4.78 is 5.54. The lowest BCUT2D eigenvalue weighted by atomic mass is 9.92. The van der Waals surface area contributed by atoms with Crippen LogP contribution in [0.4, 0.5) is 0 Å². The number of nitrogens with zero attached hydrogens (tertiary/aromatic N) is 1. The highest BCUT2D eigenvalue weighted by Gasteiger charge is 2.17. The first-order valence-corrected chi connectivity index (χ1v) is 5.36. The maximum absolute atomic E-state index is 8.79. The SMILES string of the molecule is CC(C)(C#N)CCOCC1CCCN1. The molecule has 1 heterocycles. The first-order valence-electron chi connectivity index (χ1n) is 5.36. The molecule has 3 nitrogen and oxygen atoms in total. The molecule has 0 spiro atoms. The van der Waals surface area contributed by atoms with E-state index >= 15 is 0 Å². The Balaban J connectivity index is 2.02. The Bertz CT molecular complexity index is 202. The van der Waals surface area contributed by atoms with Crippen LogP contribution in [0.3, 0.4) is 0 Å². The van der Waals surface area contributed by atoms with Crippen LogP contribution in [0.5, 0.6) is 0 Å². The zero-order chi connectivity index (χ0) is 10.4. The maximum atomic E-state index is 8.79. The Morgan fingerprint density at radius 2 is 2.36 bits per heavy atom. The van der Waals surface area contributed by atoms with Crippen LogP contribution >= 0.6 is 0 Å². The molecule has 1 N–H and O–H groups in total. The van der Waals surface area contributed by atoms with Gasteiger partial charge in [-0.1, -0.05) is 0 Å². The van der Waals surface area contributed by atoms with Gasteiger partial charge < -0.3 is 10.1 Å². The van der Waals surface area contributed by atoms with Gasteiger partial charge in [-0.2, -0.15) is 5.26 Å². The summed E-state index contributed by atoms with van der Waals surface area (Å²) >= 11 is 0. The van der Waals surface area contributed by atoms with Crippen molar-refractivity contribution in [3.8, 4) is 6.07 Å². The molecule has 3 heteroatoms. The molecule has 0 aromatic carbocycles. The second-order valence-electron chi connectivity index (χ2n) is 4.61. The van der Waals surface area contributed by atoms with Crippen molar-refractivity contribution in [2.24, 2.45) is 5.41 Å². The van der Waals surface area contributed by atoms with Gasteiger partial charge in [0.2, 0.25) is 0 Å². The molecule has 0 aromatic rings. The number of hydrogen-bond acceptors (Lipinski definition) is 3. The Hall–Kier alpha value is -0.590. The lowest BCUT2D eigenvalue weighted by Crippen LogP contribution is -2.27. The van der Waals surface area contributed by atoms with E-state index in [0.717, 1.165) is 19.6 Å². The third-order valence-electron chi connectivity index (χ3n) is 2.66. The van der Waals surface area contributed by atoms with Crippen LogP contribution in [0, 0.1) is 16.7 Å². The highest BCUT2D eigenvalue weighted by atomic mass is 16.5. The van der Waals surface area contributed by atoms with Crippen molar-refractivity contribution in [3.63, 3.8) is 0 Å². The van der Waals surface area contributed by atoms with Crippen LogP contribution in [0.15, 0.2) is 0 Å². The molecule has 1 aliphatic rings. The molecule has 1 unspecified atom stereocenters. The third-order valence-corrected chi connectivity index (χ3v) is 2.66. The lowest BCUT2D eigenvalue weighted by molar-refractivity contribution is 0.0994. The average Bonchev–Trinajstić information content (AvgIpc) is 2.65. The van der Waals surface area contributed by atoms with Gasteiger partial charge in [0.15, 0.2) is 0 Å². The monoisotopic (exact) mass is 196 g/mol. The molecule has 1 rings (SSSR count). The van der Waals surface area contributed by atoms with E-state index in [9.17, 15) is 0 Å². The van der Waals surface area contributed by atoms with Crippen molar-refractivity contribution in [1.82, 2.24) is 5.32 Å². The first kappa shape index (κ1) is 11.5. The molecule has 1 atom stereocenters. The van der Waals surface area contributed by atoms with E-state index in [1.165, 1.54) is 12.8 Å². The van der Waals surface area contributed by atoms with Crippen LogP contribution in [0.25, 0.3) is 0 Å². The molecule has 14 heavy (non-hydrogen) atoms. The van der Waals surface area contributed by atoms with Crippen LogP contribution in [0.2, 0.25) is 0 Å². The predicted octanol–water partition coefficient (Wildman–Crippen LogP) is 1.69. The Labute approximate surface area is 86.4 Å².